The maximum atomic E-state index is 12.8. The van der Waals surface area contributed by atoms with Crippen LogP contribution in [0.4, 0.5) is 5.82 Å². The van der Waals surface area contributed by atoms with Gasteiger partial charge < -0.3 is 25.8 Å². The van der Waals surface area contributed by atoms with Gasteiger partial charge in [0.1, 0.15) is 11.9 Å². The molecule has 10 nitrogen and oxygen atoms in total. The van der Waals surface area contributed by atoms with E-state index in [1.165, 1.54) is 28.5 Å². The highest BCUT2D eigenvalue weighted by atomic mass is 35.5. The highest BCUT2D eigenvalue weighted by Crippen LogP contribution is 2.24. The molecule has 0 aromatic carbocycles. The summed E-state index contributed by atoms with van der Waals surface area (Å²) in [7, 11) is 5.18. The van der Waals surface area contributed by atoms with Gasteiger partial charge in [0.15, 0.2) is 10.00 Å². The number of pyridine rings is 1. The lowest BCUT2D eigenvalue weighted by molar-refractivity contribution is -0.130. The number of hydrogen-bond donors (Lipinski definition) is 3. The lowest BCUT2D eigenvalue weighted by atomic mass is 10.2. The third-order valence-corrected chi connectivity index (χ3v) is 6.44. The number of likely N-dealkylation sites (N-methyl/N-ethyl adjacent to an activating group) is 2. The molecule has 0 fully saturated rings. The first-order chi connectivity index (χ1) is 15.6. The number of carbonyl (C=O) groups excluding carboxylic acids is 3. The number of nitrogens with zero attached hydrogens (tertiary/aromatic N) is 4. The molecule has 0 saturated heterocycles. The standard InChI is InChI=1S/C20H24ClN7O3S2/c1-27(2)20(31)13(9-23-18(32)16(29)26-15-5-4-11(21)8-22-15)24-17(30)19-25-12-6-7-28(3)10-14(12)33-19/h4-5,8,13H,6-7,9-10H2,1-3H3,(H,23,32)(H,24,30)(H,22,26,29). The van der Waals surface area contributed by atoms with Crippen LogP contribution in [-0.4, -0.2) is 82.8 Å². The van der Waals surface area contributed by atoms with Gasteiger partial charge in [-0.05, 0) is 19.2 Å². The first kappa shape index (κ1) is 25.0. The van der Waals surface area contributed by atoms with E-state index in [0.29, 0.717) is 10.0 Å². The van der Waals surface area contributed by atoms with E-state index in [9.17, 15) is 14.4 Å². The maximum Gasteiger partial charge on any atom is 0.284 e. The molecular formula is C20H24ClN7O3S2. The Balaban J connectivity index is 1.62. The van der Waals surface area contributed by atoms with Crippen LogP contribution in [0.5, 0.6) is 0 Å². The summed E-state index contributed by atoms with van der Waals surface area (Å²) in [6.07, 6.45) is 2.17. The normalized spacial score (nSPS) is 14.1. The average Bonchev–Trinajstić information content (AvgIpc) is 3.20. The number of hydrogen-bond acceptors (Lipinski definition) is 8. The van der Waals surface area contributed by atoms with Crippen LogP contribution in [-0.2, 0) is 22.6 Å². The maximum absolute atomic E-state index is 12.8. The predicted octanol–water partition coefficient (Wildman–Crippen LogP) is 0.922. The van der Waals surface area contributed by atoms with Crippen LogP contribution in [0.15, 0.2) is 18.3 Å². The molecule has 1 atom stereocenters. The number of rotatable bonds is 6. The molecular weight excluding hydrogens is 486 g/mol. The molecule has 3 rings (SSSR count). The molecule has 0 aliphatic carbocycles. The summed E-state index contributed by atoms with van der Waals surface area (Å²) in [6, 6.07) is 2.17. The van der Waals surface area contributed by atoms with E-state index in [4.69, 9.17) is 23.8 Å². The molecule has 2 aromatic heterocycles. The second-order valence-corrected chi connectivity index (χ2v) is 9.59. The zero-order valence-corrected chi connectivity index (χ0v) is 20.7. The van der Waals surface area contributed by atoms with E-state index in [0.717, 1.165) is 30.1 Å². The first-order valence-corrected chi connectivity index (χ1v) is 11.6. The number of aromatic nitrogens is 2. The van der Waals surface area contributed by atoms with E-state index >= 15 is 0 Å². The number of anilines is 1. The summed E-state index contributed by atoms with van der Waals surface area (Å²) in [5.41, 5.74) is 0.922. The second kappa shape index (κ2) is 11.0. The molecule has 176 valence electrons. The van der Waals surface area contributed by atoms with Crippen molar-refractivity contribution in [2.45, 2.75) is 19.0 Å². The highest BCUT2D eigenvalue weighted by molar-refractivity contribution is 7.82. The Morgan fingerprint density at radius 1 is 1.33 bits per heavy atom. The Kier molecular flexibility index (Phi) is 8.30. The van der Waals surface area contributed by atoms with Crippen molar-refractivity contribution in [3.63, 3.8) is 0 Å². The van der Waals surface area contributed by atoms with Crippen molar-refractivity contribution in [2.75, 3.05) is 39.5 Å². The lowest BCUT2D eigenvalue weighted by Crippen LogP contribution is -2.53. The number of carbonyl (C=O) groups is 3. The molecule has 33 heavy (non-hydrogen) atoms. The summed E-state index contributed by atoms with van der Waals surface area (Å²) in [5.74, 6) is -1.11. The van der Waals surface area contributed by atoms with Crippen LogP contribution in [0.3, 0.4) is 0 Å². The first-order valence-electron chi connectivity index (χ1n) is 10.0. The fourth-order valence-electron chi connectivity index (χ4n) is 3.05. The fourth-order valence-corrected chi connectivity index (χ4v) is 4.39. The van der Waals surface area contributed by atoms with Crippen LogP contribution in [0, 0.1) is 0 Å². The van der Waals surface area contributed by atoms with Gasteiger partial charge in [-0.3, -0.25) is 14.4 Å². The zero-order valence-electron chi connectivity index (χ0n) is 18.3. The van der Waals surface area contributed by atoms with Crippen LogP contribution in [0.1, 0.15) is 20.4 Å². The van der Waals surface area contributed by atoms with Gasteiger partial charge in [-0.2, -0.15) is 0 Å². The Morgan fingerprint density at radius 2 is 2.09 bits per heavy atom. The Labute approximate surface area is 205 Å². The average molecular weight is 510 g/mol. The topological polar surface area (TPSA) is 120 Å². The molecule has 13 heteroatoms. The number of amides is 3. The van der Waals surface area contributed by atoms with Gasteiger partial charge in [-0.15, -0.1) is 11.3 Å². The quantitative estimate of drug-likeness (QED) is 0.492. The van der Waals surface area contributed by atoms with Crippen molar-refractivity contribution in [1.82, 2.24) is 30.4 Å². The van der Waals surface area contributed by atoms with Crippen LogP contribution < -0.4 is 16.0 Å². The minimum atomic E-state index is -0.949. The van der Waals surface area contributed by atoms with Crippen molar-refractivity contribution in [2.24, 2.45) is 0 Å². The molecule has 1 aliphatic heterocycles. The highest BCUT2D eigenvalue weighted by Gasteiger charge is 2.27. The molecule has 2 aromatic rings. The van der Waals surface area contributed by atoms with Crippen molar-refractivity contribution < 1.29 is 14.4 Å². The Bertz CT molecular complexity index is 1060. The van der Waals surface area contributed by atoms with Gasteiger partial charge in [0.2, 0.25) is 5.91 Å². The number of fused-ring (bicyclic) bond motifs is 1. The third kappa shape index (κ3) is 6.67. The molecule has 3 N–H and O–H groups in total. The van der Waals surface area contributed by atoms with E-state index in [1.807, 2.05) is 7.05 Å². The molecule has 3 heterocycles. The number of halogens is 1. The van der Waals surface area contributed by atoms with Crippen molar-refractivity contribution in [3.05, 3.63) is 38.9 Å². The minimum Gasteiger partial charge on any atom is -0.369 e. The second-order valence-electron chi connectivity index (χ2n) is 7.66. The summed E-state index contributed by atoms with van der Waals surface area (Å²) >= 11 is 12.2. The van der Waals surface area contributed by atoms with Crippen LogP contribution >= 0.6 is 35.2 Å². The zero-order chi connectivity index (χ0) is 24.1. The smallest absolute Gasteiger partial charge is 0.284 e. The van der Waals surface area contributed by atoms with Gasteiger partial charge in [0.05, 0.1) is 10.7 Å². The van der Waals surface area contributed by atoms with Crippen LogP contribution in [0.2, 0.25) is 5.02 Å². The van der Waals surface area contributed by atoms with E-state index in [1.54, 1.807) is 20.2 Å². The predicted molar refractivity (Wildman–Crippen MR) is 131 cm³/mol. The molecule has 3 amide bonds. The van der Waals surface area contributed by atoms with E-state index in [2.05, 4.69) is 30.8 Å². The van der Waals surface area contributed by atoms with Crippen LogP contribution in [0.25, 0.3) is 0 Å². The molecule has 1 aliphatic rings. The fraction of sp³-hybridized carbons (Fsp3) is 0.400. The van der Waals surface area contributed by atoms with E-state index in [-0.39, 0.29) is 23.3 Å². The summed E-state index contributed by atoms with van der Waals surface area (Å²) < 4.78 is 0. The van der Waals surface area contributed by atoms with Crippen molar-refractivity contribution in [1.29, 1.82) is 0 Å². The third-order valence-electron chi connectivity index (χ3n) is 4.80. The Hall–Kier alpha value is -2.67. The van der Waals surface area contributed by atoms with Gasteiger partial charge in [-0.25, -0.2) is 9.97 Å². The summed E-state index contributed by atoms with van der Waals surface area (Å²) in [6.45, 7) is 1.55. The largest absolute Gasteiger partial charge is 0.369 e. The van der Waals surface area contributed by atoms with E-state index < -0.39 is 17.9 Å². The number of nitrogens with one attached hydrogen (secondary N) is 3. The van der Waals surface area contributed by atoms with Gasteiger partial charge in [0, 0.05) is 51.2 Å². The molecule has 0 spiro atoms. The number of thiocarbonyl (C=S) groups is 1. The molecule has 0 bridgehead atoms. The number of thiazole rings is 1. The SMILES string of the molecule is CN1CCc2nc(C(=O)NC(CNC(=S)C(=O)Nc3ccc(Cl)cn3)C(=O)N(C)C)sc2C1. The summed E-state index contributed by atoms with van der Waals surface area (Å²) in [5, 5.41) is 8.72. The van der Waals surface area contributed by atoms with Gasteiger partial charge in [0.25, 0.3) is 11.8 Å². The molecule has 0 saturated carbocycles. The summed E-state index contributed by atoms with van der Waals surface area (Å²) in [4.78, 5) is 50.6. The lowest BCUT2D eigenvalue weighted by Gasteiger charge is -2.22. The van der Waals surface area contributed by atoms with Gasteiger partial charge in [-0.1, -0.05) is 23.8 Å². The van der Waals surface area contributed by atoms with Crippen molar-refractivity contribution >= 4 is 63.7 Å². The molecule has 0 radical (unpaired) electrons. The van der Waals surface area contributed by atoms with Crippen molar-refractivity contribution in [3.8, 4) is 0 Å². The van der Waals surface area contributed by atoms with Gasteiger partial charge >= 0.3 is 0 Å². The monoisotopic (exact) mass is 509 g/mol. The molecule has 1 unspecified atom stereocenters. The Morgan fingerprint density at radius 3 is 2.76 bits per heavy atom. The minimum absolute atomic E-state index is 0.0725.